The fraction of sp³-hybridized carbons (Fsp3) is 0.0769. The van der Waals surface area contributed by atoms with Gasteiger partial charge in [-0.1, -0.05) is 29.3 Å². The summed E-state index contributed by atoms with van der Waals surface area (Å²) in [7, 11) is 0. The van der Waals surface area contributed by atoms with Crippen LogP contribution in [0.25, 0.3) is 11.1 Å². The number of hydrogen-bond acceptors (Lipinski definition) is 2. The largest absolute Gasteiger partial charge is 0.481 e. The van der Waals surface area contributed by atoms with E-state index in [0.717, 1.165) is 6.20 Å². The van der Waals surface area contributed by atoms with Crippen molar-refractivity contribution in [3.05, 3.63) is 52.0 Å². The highest BCUT2D eigenvalue weighted by Gasteiger charge is 2.18. The third-order valence-electron chi connectivity index (χ3n) is 2.57. The van der Waals surface area contributed by atoms with E-state index in [1.807, 2.05) is 0 Å². The van der Waals surface area contributed by atoms with Crippen molar-refractivity contribution < 1.29 is 14.3 Å². The van der Waals surface area contributed by atoms with Crippen molar-refractivity contribution in [2.75, 3.05) is 0 Å². The first-order valence-corrected chi connectivity index (χ1v) is 6.05. The third-order valence-corrected chi connectivity index (χ3v) is 3.19. The zero-order valence-corrected chi connectivity index (χ0v) is 11.0. The van der Waals surface area contributed by atoms with Crippen molar-refractivity contribution in [1.82, 2.24) is 4.98 Å². The SMILES string of the molecule is O=C(O)Cc1c(F)cncc1-c1c(Cl)cccc1Cl. The van der Waals surface area contributed by atoms with E-state index >= 15 is 0 Å². The highest BCUT2D eigenvalue weighted by atomic mass is 35.5. The molecule has 0 unspecified atom stereocenters. The van der Waals surface area contributed by atoms with Crippen LogP contribution in [0.5, 0.6) is 0 Å². The number of carboxylic acid groups (broad SMARTS) is 1. The highest BCUT2D eigenvalue weighted by molar-refractivity contribution is 6.39. The number of carbonyl (C=O) groups is 1. The van der Waals surface area contributed by atoms with Gasteiger partial charge in [0.15, 0.2) is 0 Å². The summed E-state index contributed by atoms with van der Waals surface area (Å²) in [5.74, 6) is -1.84. The van der Waals surface area contributed by atoms with Gasteiger partial charge in [-0.3, -0.25) is 9.78 Å². The molecule has 2 rings (SSSR count). The molecule has 0 fully saturated rings. The normalized spacial score (nSPS) is 10.5. The third kappa shape index (κ3) is 2.85. The number of hydrogen-bond donors (Lipinski definition) is 1. The molecule has 1 aromatic carbocycles. The standard InChI is InChI=1S/C13H8Cl2FNO2/c14-9-2-1-3-10(15)13(9)8-5-17-6-11(16)7(8)4-12(18)19/h1-3,5-6H,4H2,(H,18,19). The molecule has 0 spiro atoms. The van der Waals surface area contributed by atoms with Crippen LogP contribution in [-0.4, -0.2) is 16.1 Å². The number of aliphatic carboxylic acids is 1. The van der Waals surface area contributed by atoms with Gasteiger partial charge in [0, 0.05) is 32.9 Å². The van der Waals surface area contributed by atoms with Gasteiger partial charge in [-0.2, -0.15) is 0 Å². The smallest absolute Gasteiger partial charge is 0.307 e. The van der Waals surface area contributed by atoms with E-state index in [1.165, 1.54) is 6.20 Å². The van der Waals surface area contributed by atoms with Crippen LogP contribution in [0, 0.1) is 5.82 Å². The molecule has 0 aliphatic heterocycles. The van der Waals surface area contributed by atoms with E-state index in [9.17, 15) is 9.18 Å². The van der Waals surface area contributed by atoms with Crippen molar-refractivity contribution in [2.45, 2.75) is 6.42 Å². The summed E-state index contributed by atoms with van der Waals surface area (Å²) >= 11 is 12.1. The van der Waals surface area contributed by atoms with E-state index in [-0.39, 0.29) is 11.1 Å². The van der Waals surface area contributed by atoms with Crippen molar-refractivity contribution in [3.8, 4) is 11.1 Å². The van der Waals surface area contributed by atoms with E-state index in [0.29, 0.717) is 15.6 Å². The van der Waals surface area contributed by atoms with Gasteiger partial charge >= 0.3 is 5.97 Å². The van der Waals surface area contributed by atoms with Gasteiger partial charge < -0.3 is 5.11 Å². The fourth-order valence-corrected chi connectivity index (χ4v) is 2.36. The van der Waals surface area contributed by atoms with Crippen LogP contribution in [0.1, 0.15) is 5.56 Å². The number of benzene rings is 1. The molecule has 2 aromatic rings. The topological polar surface area (TPSA) is 50.2 Å². The summed E-state index contributed by atoms with van der Waals surface area (Å²) in [6.07, 6.45) is 1.85. The lowest BCUT2D eigenvalue weighted by atomic mass is 9.99. The summed E-state index contributed by atoms with van der Waals surface area (Å²) < 4.78 is 13.7. The molecular weight excluding hydrogens is 292 g/mol. The maximum atomic E-state index is 13.7. The Balaban J connectivity index is 2.69. The predicted octanol–water partition coefficient (Wildman–Crippen LogP) is 3.82. The van der Waals surface area contributed by atoms with Crippen LogP contribution in [0.15, 0.2) is 30.6 Å². The zero-order chi connectivity index (χ0) is 14.0. The molecular formula is C13H8Cl2FNO2. The van der Waals surface area contributed by atoms with Gasteiger partial charge in [-0.05, 0) is 12.1 Å². The summed E-state index contributed by atoms with van der Waals surface area (Å²) in [5, 5.41) is 9.47. The molecule has 0 atom stereocenters. The monoisotopic (exact) mass is 299 g/mol. The van der Waals surface area contributed by atoms with E-state index < -0.39 is 18.2 Å². The van der Waals surface area contributed by atoms with Crippen LogP contribution in [-0.2, 0) is 11.2 Å². The average Bonchev–Trinajstić information content (AvgIpc) is 2.32. The van der Waals surface area contributed by atoms with Gasteiger partial charge in [0.1, 0.15) is 5.82 Å². The first kappa shape index (κ1) is 13.8. The van der Waals surface area contributed by atoms with Crippen LogP contribution in [0.4, 0.5) is 4.39 Å². The Bertz CT molecular complexity index is 626. The number of halogens is 3. The molecule has 1 heterocycles. The minimum atomic E-state index is -1.14. The Morgan fingerprint density at radius 2 is 1.89 bits per heavy atom. The van der Waals surface area contributed by atoms with Gasteiger partial charge in [0.25, 0.3) is 0 Å². The zero-order valence-electron chi connectivity index (χ0n) is 9.53. The molecule has 0 aliphatic carbocycles. The molecule has 0 amide bonds. The lowest BCUT2D eigenvalue weighted by molar-refractivity contribution is -0.136. The van der Waals surface area contributed by atoms with Crippen molar-refractivity contribution in [2.24, 2.45) is 0 Å². The molecule has 0 radical (unpaired) electrons. The number of aromatic nitrogens is 1. The summed E-state index contributed by atoms with van der Waals surface area (Å²) in [6, 6.07) is 4.84. The molecule has 98 valence electrons. The Morgan fingerprint density at radius 1 is 1.26 bits per heavy atom. The average molecular weight is 300 g/mol. The van der Waals surface area contributed by atoms with E-state index in [2.05, 4.69) is 4.98 Å². The summed E-state index contributed by atoms with van der Waals surface area (Å²) in [5.41, 5.74) is 0.685. The Hall–Kier alpha value is -1.65. The minimum Gasteiger partial charge on any atom is -0.481 e. The van der Waals surface area contributed by atoms with Crippen molar-refractivity contribution in [3.63, 3.8) is 0 Å². The fourth-order valence-electron chi connectivity index (χ4n) is 1.76. The highest BCUT2D eigenvalue weighted by Crippen LogP contribution is 2.36. The summed E-state index contributed by atoms with van der Waals surface area (Å²) in [4.78, 5) is 14.5. The van der Waals surface area contributed by atoms with Crippen LogP contribution in [0.2, 0.25) is 10.0 Å². The van der Waals surface area contributed by atoms with E-state index in [4.69, 9.17) is 28.3 Å². The molecule has 3 nitrogen and oxygen atoms in total. The van der Waals surface area contributed by atoms with Crippen LogP contribution < -0.4 is 0 Å². The van der Waals surface area contributed by atoms with Crippen LogP contribution in [0.3, 0.4) is 0 Å². The molecule has 6 heteroatoms. The molecule has 0 bridgehead atoms. The first-order chi connectivity index (χ1) is 9.00. The molecule has 0 saturated carbocycles. The number of rotatable bonds is 3. The molecule has 19 heavy (non-hydrogen) atoms. The van der Waals surface area contributed by atoms with Crippen molar-refractivity contribution >= 4 is 29.2 Å². The lowest BCUT2D eigenvalue weighted by Gasteiger charge is -2.11. The molecule has 1 N–H and O–H groups in total. The molecule has 0 saturated heterocycles. The van der Waals surface area contributed by atoms with E-state index in [1.54, 1.807) is 18.2 Å². The maximum absolute atomic E-state index is 13.7. The van der Waals surface area contributed by atoms with Crippen LogP contribution >= 0.6 is 23.2 Å². The van der Waals surface area contributed by atoms with Gasteiger partial charge in [-0.25, -0.2) is 4.39 Å². The van der Waals surface area contributed by atoms with Gasteiger partial charge in [0.05, 0.1) is 12.6 Å². The van der Waals surface area contributed by atoms with Gasteiger partial charge in [0.2, 0.25) is 0 Å². The summed E-state index contributed by atoms with van der Waals surface area (Å²) in [6.45, 7) is 0. The Labute approximate surface area is 118 Å². The Morgan fingerprint density at radius 3 is 2.47 bits per heavy atom. The second-order valence-electron chi connectivity index (χ2n) is 3.81. The maximum Gasteiger partial charge on any atom is 0.307 e. The first-order valence-electron chi connectivity index (χ1n) is 5.29. The number of carboxylic acids is 1. The molecule has 1 aromatic heterocycles. The lowest BCUT2D eigenvalue weighted by Crippen LogP contribution is -2.05. The second-order valence-corrected chi connectivity index (χ2v) is 4.63. The Kier molecular flexibility index (Phi) is 4.02. The minimum absolute atomic E-state index is 0.0116. The van der Waals surface area contributed by atoms with Crippen molar-refractivity contribution in [1.29, 1.82) is 0 Å². The number of pyridine rings is 1. The quantitative estimate of drug-likeness (QED) is 0.937. The van der Waals surface area contributed by atoms with Gasteiger partial charge in [-0.15, -0.1) is 0 Å². The number of nitrogens with zero attached hydrogens (tertiary/aromatic N) is 1. The molecule has 0 aliphatic rings. The predicted molar refractivity (Wildman–Crippen MR) is 71.0 cm³/mol. The second kappa shape index (κ2) is 5.55.